The molecule has 0 saturated carbocycles. The SMILES string of the molecule is CSCC[C@@H]1NC(=O)CCCN(C(=O)/C=C/c2ccccc2)CCn2nc(-c3ccccc3)nc2[C@@H](C(C)C)NC1=O. The van der Waals surface area contributed by atoms with Crippen LogP contribution >= 0.6 is 11.8 Å². The molecule has 4 rings (SSSR count). The van der Waals surface area contributed by atoms with E-state index in [4.69, 9.17) is 10.1 Å². The lowest BCUT2D eigenvalue weighted by atomic mass is 10.0. The fourth-order valence-corrected chi connectivity index (χ4v) is 5.30. The molecule has 2 atom stereocenters. The van der Waals surface area contributed by atoms with Crippen molar-refractivity contribution in [3.63, 3.8) is 0 Å². The maximum Gasteiger partial charge on any atom is 0.246 e. The number of aromatic nitrogens is 3. The zero-order valence-corrected chi connectivity index (χ0v) is 25.3. The molecule has 2 aromatic carbocycles. The van der Waals surface area contributed by atoms with Crippen LogP contribution in [0.25, 0.3) is 17.5 Å². The Kier molecular flexibility index (Phi) is 11.3. The Labute approximate surface area is 252 Å². The average molecular weight is 589 g/mol. The number of hydrogen-bond donors (Lipinski definition) is 2. The van der Waals surface area contributed by atoms with E-state index in [0.717, 1.165) is 16.9 Å². The van der Waals surface area contributed by atoms with Gasteiger partial charge in [0.2, 0.25) is 17.7 Å². The Morgan fingerprint density at radius 1 is 1.02 bits per heavy atom. The van der Waals surface area contributed by atoms with E-state index < -0.39 is 12.1 Å². The van der Waals surface area contributed by atoms with Gasteiger partial charge in [-0.1, -0.05) is 74.5 Å². The van der Waals surface area contributed by atoms with Gasteiger partial charge in [-0.2, -0.15) is 16.9 Å². The lowest BCUT2D eigenvalue weighted by Crippen LogP contribution is -2.49. The summed E-state index contributed by atoms with van der Waals surface area (Å²) in [6.07, 6.45) is 6.56. The Morgan fingerprint density at radius 3 is 2.43 bits per heavy atom. The molecule has 222 valence electrons. The summed E-state index contributed by atoms with van der Waals surface area (Å²) in [6.45, 7) is 5.21. The zero-order chi connectivity index (χ0) is 29.9. The summed E-state index contributed by atoms with van der Waals surface area (Å²) in [5.74, 6) is 1.35. The number of carbonyl (C=O) groups excluding carboxylic acids is 3. The second-order valence-electron chi connectivity index (χ2n) is 10.7. The first-order valence-electron chi connectivity index (χ1n) is 14.5. The summed E-state index contributed by atoms with van der Waals surface area (Å²) in [5.41, 5.74) is 1.80. The summed E-state index contributed by atoms with van der Waals surface area (Å²) in [7, 11) is 0. The van der Waals surface area contributed by atoms with Gasteiger partial charge in [-0.25, -0.2) is 9.67 Å². The third-order valence-corrected chi connectivity index (χ3v) is 7.82. The standard InChI is InChI=1S/C32H40N6O3S/c1-23(2)29-31-35-30(25-13-8-5-9-14-25)36-38(31)21-20-37(28(40)17-16-24-11-6-4-7-12-24)19-10-15-27(39)33-26(18-22-42-3)32(41)34-29/h4-9,11-14,16-17,23,26,29H,10,15,18-22H2,1-3H3,(H,33,39)(H,34,41)/b17-16+/t26-,29+/m0/s1. The summed E-state index contributed by atoms with van der Waals surface area (Å²) < 4.78 is 1.82. The van der Waals surface area contributed by atoms with E-state index in [2.05, 4.69) is 10.6 Å². The van der Waals surface area contributed by atoms with Gasteiger partial charge in [-0.15, -0.1) is 0 Å². The van der Waals surface area contributed by atoms with Gasteiger partial charge in [0.15, 0.2) is 11.6 Å². The number of rotatable bonds is 7. The number of benzene rings is 2. The van der Waals surface area contributed by atoms with Crippen molar-refractivity contribution in [1.82, 2.24) is 30.3 Å². The van der Waals surface area contributed by atoms with Gasteiger partial charge in [0, 0.05) is 31.1 Å². The Balaban J connectivity index is 1.69. The average Bonchev–Trinajstić information content (AvgIpc) is 3.42. The number of carbonyl (C=O) groups is 3. The number of amides is 3. The first kappa shape index (κ1) is 31.0. The molecule has 2 heterocycles. The first-order chi connectivity index (χ1) is 20.4. The maximum absolute atomic E-state index is 13.5. The van der Waals surface area contributed by atoms with Crippen molar-refractivity contribution in [2.24, 2.45) is 5.92 Å². The van der Waals surface area contributed by atoms with E-state index >= 15 is 0 Å². The molecule has 0 radical (unpaired) electrons. The van der Waals surface area contributed by atoms with Crippen LogP contribution in [0.3, 0.4) is 0 Å². The van der Waals surface area contributed by atoms with Gasteiger partial charge < -0.3 is 15.5 Å². The van der Waals surface area contributed by atoms with Crippen molar-refractivity contribution in [2.75, 3.05) is 25.1 Å². The molecule has 2 N–H and O–H groups in total. The summed E-state index contributed by atoms with van der Waals surface area (Å²) in [4.78, 5) is 46.4. The van der Waals surface area contributed by atoms with Crippen molar-refractivity contribution >= 4 is 35.6 Å². The van der Waals surface area contributed by atoms with Gasteiger partial charge in [-0.3, -0.25) is 14.4 Å². The van der Waals surface area contributed by atoms with Crippen LogP contribution in [0.4, 0.5) is 0 Å². The normalized spacial score (nSPS) is 18.8. The third-order valence-electron chi connectivity index (χ3n) is 7.18. The predicted molar refractivity (Wildman–Crippen MR) is 167 cm³/mol. The second kappa shape index (κ2) is 15.3. The highest BCUT2D eigenvalue weighted by Crippen LogP contribution is 2.25. The molecule has 10 heteroatoms. The van der Waals surface area contributed by atoms with E-state index in [-0.39, 0.29) is 30.1 Å². The van der Waals surface area contributed by atoms with Gasteiger partial charge in [0.25, 0.3) is 0 Å². The highest BCUT2D eigenvalue weighted by molar-refractivity contribution is 7.98. The van der Waals surface area contributed by atoms with Crippen molar-refractivity contribution in [1.29, 1.82) is 0 Å². The van der Waals surface area contributed by atoms with Gasteiger partial charge in [0.1, 0.15) is 6.04 Å². The lowest BCUT2D eigenvalue weighted by molar-refractivity contribution is -0.130. The molecule has 3 aromatic rings. The molecule has 0 fully saturated rings. The smallest absolute Gasteiger partial charge is 0.246 e. The number of nitrogens with one attached hydrogen (secondary N) is 2. The van der Waals surface area contributed by atoms with Crippen molar-refractivity contribution in [3.8, 4) is 11.4 Å². The van der Waals surface area contributed by atoms with Gasteiger partial charge >= 0.3 is 0 Å². The molecule has 0 bridgehead atoms. The summed E-state index contributed by atoms with van der Waals surface area (Å²) in [6, 6.07) is 18.3. The van der Waals surface area contributed by atoms with Crippen LogP contribution in [0.2, 0.25) is 0 Å². The van der Waals surface area contributed by atoms with Crippen LogP contribution in [0, 0.1) is 5.92 Å². The minimum absolute atomic E-state index is 0.00290. The zero-order valence-electron chi connectivity index (χ0n) is 24.5. The highest BCUT2D eigenvalue weighted by atomic mass is 32.2. The van der Waals surface area contributed by atoms with E-state index in [0.29, 0.717) is 44.1 Å². The van der Waals surface area contributed by atoms with E-state index in [9.17, 15) is 14.4 Å². The van der Waals surface area contributed by atoms with E-state index in [1.807, 2.05) is 85.4 Å². The van der Waals surface area contributed by atoms with Crippen molar-refractivity contribution in [3.05, 3.63) is 78.1 Å². The molecule has 1 aliphatic heterocycles. The monoisotopic (exact) mass is 588 g/mol. The van der Waals surface area contributed by atoms with Crippen LogP contribution in [0.5, 0.6) is 0 Å². The van der Waals surface area contributed by atoms with Crippen molar-refractivity contribution in [2.45, 2.75) is 51.7 Å². The third kappa shape index (κ3) is 8.55. The number of nitrogens with zero attached hydrogens (tertiary/aromatic N) is 4. The summed E-state index contributed by atoms with van der Waals surface area (Å²) >= 11 is 1.63. The predicted octanol–water partition coefficient (Wildman–Crippen LogP) is 4.33. The quantitative estimate of drug-likeness (QED) is 0.398. The minimum Gasteiger partial charge on any atom is -0.344 e. The molecule has 3 amide bonds. The molecular weight excluding hydrogens is 548 g/mol. The van der Waals surface area contributed by atoms with Crippen LogP contribution in [-0.2, 0) is 20.9 Å². The Hall–Kier alpha value is -3.92. The molecule has 1 aromatic heterocycles. The Bertz CT molecular complexity index is 1360. The second-order valence-corrected chi connectivity index (χ2v) is 11.7. The molecule has 42 heavy (non-hydrogen) atoms. The van der Waals surface area contributed by atoms with Crippen LogP contribution < -0.4 is 10.6 Å². The molecule has 1 aliphatic rings. The molecule has 0 spiro atoms. The van der Waals surface area contributed by atoms with Crippen LogP contribution in [0.1, 0.15) is 50.5 Å². The number of fused-ring (bicyclic) bond motifs is 1. The highest BCUT2D eigenvalue weighted by Gasteiger charge is 2.30. The molecule has 9 nitrogen and oxygen atoms in total. The van der Waals surface area contributed by atoms with Gasteiger partial charge in [0.05, 0.1) is 12.6 Å². The van der Waals surface area contributed by atoms with Crippen LogP contribution in [0.15, 0.2) is 66.7 Å². The topological polar surface area (TPSA) is 109 Å². The van der Waals surface area contributed by atoms with Gasteiger partial charge in [-0.05, 0) is 42.4 Å². The Morgan fingerprint density at radius 2 is 1.74 bits per heavy atom. The fourth-order valence-electron chi connectivity index (χ4n) is 4.83. The molecule has 0 saturated heterocycles. The minimum atomic E-state index is -0.661. The molecular formula is C32H40N6O3S. The lowest BCUT2D eigenvalue weighted by Gasteiger charge is -2.27. The molecule has 0 unspecified atom stereocenters. The van der Waals surface area contributed by atoms with E-state index in [1.165, 1.54) is 0 Å². The van der Waals surface area contributed by atoms with E-state index in [1.54, 1.807) is 28.8 Å². The first-order valence-corrected chi connectivity index (χ1v) is 15.9. The van der Waals surface area contributed by atoms with Crippen molar-refractivity contribution < 1.29 is 14.4 Å². The largest absolute Gasteiger partial charge is 0.344 e. The molecule has 0 aliphatic carbocycles. The number of thioether (sulfide) groups is 1. The van der Waals surface area contributed by atoms with Crippen LogP contribution in [-0.4, -0.2) is 68.5 Å². The fraction of sp³-hybridized carbons (Fsp3) is 0.406. The maximum atomic E-state index is 13.5. The number of hydrogen-bond acceptors (Lipinski definition) is 6. The summed E-state index contributed by atoms with van der Waals surface area (Å²) in [5, 5.41) is 10.9.